The van der Waals surface area contributed by atoms with Gasteiger partial charge in [0.2, 0.25) is 12.7 Å². The van der Waals surface area contributed by atoms with Gasteiger partial charge in [0.25, 0.3) is 0 Å². The zero-order chi connectivity index (χ0) is 17.6. The molecule has 3 rings (SSSR count). The fraction of sp³-hybridized carbons (Fsp3) is 0.444. The van der Waals surface area contributed by atoms with Gasteiger partial charge in [-0.2, -0.15) is 0 Å². The second kappa shape index (κ2) is 8.02. The third-order valence-electron chi connectivity index (χ3n) is 4.30. The van der Waals surface area contributed by atoms with Gasteiger partial charge in [-0.05, 0) is 36.6 Å². The van der Waals surface area contributed by atoms with Gasteiger partial charge in [0.05, 0.1) is 6.42 Å². The second-order valence-electron chi connectivity index (χ2n) is 5.96. The molecule has 7 heteroatoms. The molecule has 1 saturated heterocycles. The number of rotatable bonds is 6. The summed E-state index contributed by atoms with van der Waals surface area (Å²) in [5.74, 6) is 0.242. The summed E-state index contributed by atoms with van der Waals surface area (Å²) in [6.45, 7) is 1.58. The number of nitrogens with zero attached hydrogens (tertiary/aromatic N) is 1. The first-order valence-corrected chi connectivity index (χ1v) is 8.31. The average molecular weight is 347 g/mol. The quantitative estimate of drug-likeness (QED) is 0.791. The number of ether oxygens (including phenoxy) is 3. The Morgan fingerprint density at radius 3 is 2.72 bits per heavy atom. The van der Waals surface area contributed by atoms with Crippen molar-refractivity contribution in [2.45, 2.75) is 25.3 Å². The number of carboxylic acid groups (broad SMARTS) is 1. The molecule has 0 aliphatic carbocycles. The molecule has 0 atom stereocenters. The van der Waals surface area contributed by atoms with Gasteiger partial charge in [-0.3, -0.25) is 9.59 Å². The molecular weight excluding hydrogens is 326 g/mol. The maximum absolute atomic E-state index is 12.6. The van der Waals surface area contributed by atoms with Gasteiger partial charge in [-0.1, -0.05) is 6.07 Å². The number of amides is 1. The molecule has 7 nitrogen and oxygen atoms in total. The molecule has 2 aliphatic rings. The molecule has 1 aromatic rings. The molecular formula is C18H21NO6. The number of benzene rings is 1. The van der Waals surface area contributed by atoms with Crippen molar-refractivity contribution in [2.24, 2.45) is 0 Å². The highest BCUT2D eigenvalue weighted by atomic mass is 16.7. The van der Waals surface area contributed by atoms with E-state index in [0.29, 0.717) is 24.7 Å². The molecule has 0 spiro atoms. The highest BCUT2D eigenvalue weighted by Gasteiger charge is 2.25. The third-order valence-corrected chi connectivity index (χ3v) is 4.30. The fourth-order valence-electron chi connectivity index (χ4n) is 2.97. The van der Waals surface area contributed by atoms with Crippen LogP contribution in [0.2, 0.25) is 0 Å². The van der Waals surface area contributed by atoms with Crippen molar-refractivity contribution in [2.75, 3.05) is 26.6 Å². The summed E-state index contributed by atoms with van der Waals surface area (Å²) in [7, 11) is 0. The number of fused-ring (bicyclic) bond motifs is 1. The van der Waals surface area contributed by atoms with Crippen molar-refractivity contribution >= 4 is 18.0 Å². The molecule has 1 amide bonds. The Bertz CT molecular complexity index is 666. The van der Waals surface area contributed by atoms with E-state index in [-0.39, 0.29) is 31.7 Å². The summed E-state index contributed by atoms with van der Waals surface area (Å²) in [6.07, 6.45) is 4.57. The number of aliphatic carboxylic acids is 1. The lowest BCUT2D eigenvalue weighted by atomic mass is 10.1. The molecule has 1 aromatic carbocycles. The monoisotopic (exact) mass is 347 g/mol. The molecule has 0 bridgehead atoms. The van der Waals surface area contributed by atoms with Crippen molar-refractivity contribution in [1.29, 1.82) is 0 Å². The Labute approximate surface area is 145 Å². The number of hydrogen-bond donors (Lipinski definition) is 1. The molecule has 1 fully saturated rings. The van der Waals surface area contributed by atoms with Crippen molar-refractivity contribution < 1.29 is 28.9 Å². The Balaban J connectivity index is 1.68. The Morgan fingerprint density at radius 2 is 1.96 bits per heavy atom. The molecule has 2 aliphatic heterocycles. The Kier molecular flexibility index (Phi) is 5.55. The van der Waals surface area contributed by atoms with Crippen LogP contribution in [-0.2, 0) is 14.3 Å². The van der Waals surface area contributed by atoms with E-state index in [9.17, 15) is 9.59 Å². The van der Waals surface area contributed by atoms with E-state index >= 15 is 0 Å². The topological polar surface area (TPSA) is 85.3 Å². The SMILES string of the molecule is O=C(O)CCN(C(=O)/C=C/c1ccc2c(c1)OCO2)C1CCOCC1. The molecule has 0 saturated carbocycles. The van der Waals surface area contributed by atoms with Gasteiger partial charge in [-0.25, -0.2) is 0 Å². The molecule has 134 valence electrons. The van der Waals surface area contributed by atoms with E-state index < -0.39 is 5.97 Å². The first kappa shape index (κ1) is 17.3. The normalized spacial score (nSPS) is 17.0. The predicted molar refractivity (Wildman–Crippen MR) is 89.4 cm³/mol. The van der Waals surface area contributed by atoms with Crippen LogP contribution in [-0.4, -0.2) is 54.5 Å². The summed E-state index contributed by atoms with van der Waals surface area (Å²) in [6, 6.07) is 5.46. The smallest absolute Gasteiger partial charge is 0.305 e. The maximum atomic E-state index is 12.6. The zero-order valence-electron chi connectivity index (χ0n) is 13.8. The van der Waals surface area contributed by atoms with Gasteiger partial charge in [0.1, 0.15) is 0 Å². The highest BCUT2D eigenvalue weighted by molar-refractivity contribution is 5.92. The summed E-state index contributed by atoms with van der Waals surface area (Å²) in [4.78, 5) is 25.1. The van der Waals surface area contributed by atoms with E-state index in [0.717, 1.165) is 18.4 Å². The van der Waals surface area contributed by atoms with Gasteiger partial charge < -0.3 is 24.2 Å². The van der Waals surface area contributed by atoms with Crippen LogP contribution in [0.3, 0.4) is 0 Å². The van der Waals surface area contributed by atoms with E-state index in [4.69, 9.17) is 19.3 Å². The highest BCUT2D eigenvalue weighted by Crippen LogP contribution is 2.32. The Hall–Kier alpha value is -2.54. The second-order valence-corrected chi connectivity index (χ2v) is 5.96. The van der Waals surface area contributed by atoms with Crippen LogP contribution >= 0.6 is 0 Å². The first-order chi connectivity index (χ1) is 12.1. The number of carboxylic acids is 1. The molecule has 1 N–H and O–H groups in total. The number of carbonyl (C=O) groups is 2. The minimum absolute atomic E-state index is 0.0157. The van der Waals surface area contributed by atoms with Gasteiger partial charge >= 0.3 is 5.97 Å². The average Bonchev–Trinajstić information content (AvgIpc) is 3.08. The van der Waals surface area contributed by atoms with Crippen LogP contribution in [0, 0.1) is 0 Å². The van der Waals surface area contributed by atoms with Crippen molar-refractivity contribution in [3.8, 4) is 11.5 Å². The van der Waals surface area contributed by atoms with E-state index in [1.54, 1.807) is 17.0 Å². The first-order valence-electron chi connectivity index (χ1n) is 8.31. The number of hydrogen-bond acceptors (Lipinski definition) is 5. The molecule has 0 radical (unpaired) electrons. The van der Waals surface area contributed by atoms with Crippen molar-refractivity contribution in [3.63, 3.8) is 0 Å². The van der Waals surface area contributed by atoms with Crippen LogP contribution < -0.4 is 9.47 Å². The third kappa shape index (κ3) is 4.51. The maximum Gasteiger partial charge on any atom is 0.305 e. The molecule has 25 heavy (non-hydrogen) atoms. The van der Waals surface area contributed by atoms with Crippen LogP contribution in [0.25, 0.3) is 6.08 Å². The van der Waals surface area contributed by atoms with E-state index in [1.165, 1.54) is 6.08 Å². The minimum Gasteiger partial charge on any atom is -0.481 e. The van der Waals surface area contributed by atoms with Gasteiger partial charge in [-0.15, -0.1) is 0 Å². The zero-order valence-corrected chi connectivity index (χ0v) is 13.8. The summed E-state index contributed by atoms with van der Waals surface area (Å²) >= 11 is 0. The van der Waals surface area contributed by atoms with Crippen molar-refractivity contribution in [1.82, 2.24) is 4.90 Å². The standard InChI is InChI=1S/C18H21NO6/c20-17(4-2-13-1-3-15-16(11-13)25-12-24-15)19(8-5-18(21)22)14-6-9-23-10-7-14/h1-4,11,14H,5-10,12H2,(H,21,22)/b4-2+. The van der Waals surface area contributed by atoms with Crippen LogP contribution in [0.4, 0.5) is 0 Å². The van der Waals surface area contributed by atoms with E-state index in [1.807, 2.05) is 12.1 Å². The van der Waals surface area contributed by atoms with Crippen molar-refractivity contribution in [3.05, 3.63) is 29.8 Å². The lowest BCUT2D eigenvalue weighted by Crippen LogP contribution is -2.43. The lowest BCUT2D eigenvalue weighted by Gasteiger charge is -2.33. The van der Waals surface area contributed by atoms with Crippen LogP contribution in [0.5, 0.6) is 11.5 Å². The Morgan fingerprint density at radius 1 is 1.20 bits per heavy atom. The minimum atomic E-state index is -0.912. The van der Waals surface area contributed by atoms with E-state index in [2.05, 4.69) is 0 Å². The predicted octanol–water partition coefficient (Wildman–Crippen LogP) is 1.91. The molecule has 0 aromatic heterocycles. The summed E-state index contributed by atoms with van der Waals surface area (Å²) in [5, 5.41) is 8.93. The van der Waals surface area contributed by atoms with Gasteiger partial charge in [0, 0.05) is 31.9 Å². The van der Waals surface area contributed by atoms with Gasteiger partial charge in [0.15, 0.2) is 11.5 Å². The number of carbonyl (C=O) groups excluding carboxylic acids is 1. The molecule has 0 unspecified atom stereocenters. The lowest BCUT2D eigenvalue weighted by molar-refractivity contribution is -0.138. The molecule has 2 heterocycles. The summed E-state index contributed by atoms with van der Waals surface area (Å²) in [5.41, 5.74) is 0.822. The largest absolute Gasteiger partial charge is 0.481 e. The fourth-order valence-corrected chi connectivity index (χ4v) is 2.97. The van der Waals surface area contributed by atoms with Crippen LogP contribution in [0.15, 0.2) is 24.3 Å². The summed E-state index contributed by atoms with van der Waals surface area (Å²) < 4.78 is 15.9. The van der Waals surface area contributed by atoms with Crippen LogP contribution in [0.1, 0.15) is 24.8 Å².